The first kappa shape index (κ1) is 13.9. The molecule has 1 aliphatic heterocycles. The Morgan fingerprint density at radius 2 is 2.00 bits per heavy atom. The van der Waals surface area contributed by atoms with Gasteiger partial charge >= 0.3 is 0 Å². The summed E-state index contributed by atoms with van der Waals surface area (Å²) < 4.78 is 0. The van der Waals surface area contributed by atoms with Gasteiger partial charge in [0.1, 0.15) is 11.2 Å². The van der Waals surface area contributed by atoms with Crippen LogP contribution in [-0.4, -0.2) is 22.9 Å². The predicted molar refractivity (Wildman–Crippen MR) is 90.4 cm³/mol. The largest absolute Gasteiger partial charge is 0.349 e. The van der Waals surface area contributed by atoms with E-state index in [1.807, 2.05) is 59.8 Å². The molecule has 1 aliphatic rings. The number of hydrogen-bond acceptors (Lipinski definition) is 5. The Hall–Kier alpha value is -2.73. The van der Waals surface area contributed by atoms with Crippen molar-refractivity contribution >= 4 is 22.9 Å². The lowest BCUT2D eigenvalue weighted by molar-refractivity contribution is 0.0927. The van der Waals surface area contributed by atoms with Gasteiger partial charge in [0.15, 0.2) is 0 Å². The molecule has 1 amide bonds. The minimum Gasteiger partial charge on any atom is -0.349 e. The number of thiazole rings is 1. The second kappa shape index (κ2) is 5.48. The number of hydrogen-bond donors (Lipinski definition) is 1. The van der Waals surface area contributed by atoms with Gasteiger partial charge in [-0.2, -0.15) is 0 Å². The number of aromatic nitrogens is 2. The third-order valence-electron chi connectivity index (χ3n) is 3.87. The summed E-state index contributed by atoms with van der Waals surface area (Å²) in [6.07, 6.45) is 1.48. The maximum absolute atomic E-state index is 12.3. The van der Waals surface area contributed by atoms with Gasteiger partial charge in [-0.1, -0.05) is 18.2 Å². The van der Waals surface area contributed by atoms with Crippen molar-refractivity contribution in [2.45, 2.75) is 6.17 Å². The lowest BCUT2D eigenvalue weighted by Crippen LogP contribution is -2.44. The molecule has 1 unspecified atom stereocenters. The standard InChI is InChI=1S/C17H14N4OS/c1-21-14-8-3-2-6-11(14)16(22)20-15(21)13-10-23-17(19-13)12-7-4-5-9-18-12/h2-10,15H,1H3,(H,20,22). The van der Waals surface area contributed by atoms with E-state index in [9.17, 15) is 4.79 Å². The minimum atomic E-state index is -0.272. The molecule has 5 nitrogen and oxygen atoms in total. The van der Waals surface area contributed by atoms with Crippen molar-refractivity contribution in [3.63, 3.8) is 0 Å². The van der Waals surface area contributed by atoms with Crippen molar-refractivity contribution in [3.8, 4) is 10.7 Å². The highest BCUT2D eigenvalue weighted by Crippen LogP contribution is 2.33. The summed E-state index contributed by atoms with van der Waals surface area (Å²) in [7, 11) is 1.96. The molecule has 0 spiro atoms. The monoisotopic (exact) mass is 322 g/mol. The molecule has 0 radical (unpaired) electrons. The number of rotatable bonds is 2. The van der Waals surface area contributed by atoms with E-state index in [-0.39, 0.29) is 12.1 Å². The third kappa shape index (κ3) is 2.37. The van der Waals surface area contributed by atoms with Crippen LogP contribution in [0.3, 0.4) is 0 Å². The lowest BCUT2D eigenvalue weighted by Gasteiger charge is -2.35. The summed E-state index contributed by atoms with van der Waals surface area (Å²) in [5.74, 6) is -0.0731. The van der Waals surface area contributed by atoms with Gasteiger partial charge in [-0.05, 0) is 24.3 Å². The van der Waals surface area contributed by atoms with Crippen molar-refractivity contribution in [3.05, 3.63) is 65.3 Å². The molecule has 114 valence electrons. The number of anilines is 1. The van der Waals surface area contributed by atoms with Crippen molar-refractivity contribution in [1.82, 2.24) is 15.3 Å². The molecule has 1 aromatic carbocycles. The van der Waals surface area contributed by atoms with Gasteiger partial charge in [0.2, 0.25) is 0 Å². The number of nitrogens with zero attached hydrogens (tertiary/aromatic N) is 3. The van der Waals surface area contributed by atoms with Gasteiger partial charge in [0.25, 0.3) is 5.91 Å². The number of benzene rings is 1. The van der Waals surface area contributed by atoms with E-state index in [1.54, 1.807) is 6.20 Å². The average Bonchev–Trinajstić information content (AvgIpc) is 3.09. The summed E-state index contributed by atoms with van der Waals surface area (Å²) >= 11 is 1.53. The number of amides is 1. The molecular formula is C17H14N4OS. The van der Waals surface area contributed by atoms with Crippen LogP contribution in [0.2, 0.25) is 0 Å². The average molecular weight is 322 g/mol. The van der Waals surface area contributed by atoms with Crippen LogP contribution < -0.4 is 10.2 Å². The maximum atomic E-state index is 12.3. The SMILES string of the molecule is CN1c2ccccc2C(=O)NC1c1csc(-c2ccccn2)n1. The summed E-state index contributed by atoms with van der Waals surface area (Å²) in [4.78, 5) is 23.3. The van der Waals surface area contributed by atoms with E-state index >= 15 is 0 Å². The van der Waals surface area contributed by atoms with Gasteiger partial charge in [-0.25, -0.2) is 4.98 Å². The molecule has 0 saturated heterocycles. The van der Waals surface area contributed by atoms with Crippen LogP contribution in [0.1, 0.15) is 22.2 Å². The zero-order valence-corrected chi connectivity index (χ0v) is 13.2. The van der Waals surface area contributed by atoms with Crippen LogP contribution in [0, 0.1) is 0 Å². The Morgan fingerprint density at radius 3 is 2.83 bits per heavy atom. The van der Waals surface area contributed by atoms with Crippen LogP contribution in [0.25, 0.3) is 10.7 Å². The normalized spacial score (nSPS) is 16.8. The van der Waals surface area contributed by atoms with Gasteiger partial charge in [0.05, 0.1) is 22.6 Å². The van der Waals surface area contributed by atoms with E-state index in [2.05, 4.69) is 15.3 Å². The minimum absolute atomic E-state index is 0.0731. The highest BCUT2D eigenvalue weighted by atomic mass is 32.1. The predicted octanol–water partition coefficient (Wildman–Crippen LogP) is 3.08. The van der Waals surface area contributed by atoms with Crippen molar-refractivity contribution in [2.75, 3.05) is 11.9 Å². The summed E-state index contributed by atoms with van der Waals surface area (Å²) in [6, 6.07) is 13.3. The zero-order chi connectivity index (χ0) is 15.8. The Bertz CT molecular complexity index is 862. The molecule has 0 aliphatic carbocycles. The number of para-hydroxylation sites is 1. The van der Waals surface area contributed by atoms with E-state index in [0.29, 0.717) is 5.56 Å². The molecular weight excluding hydrogens is 308 g/mol. The first-order chi connectivity index (χ1) is 11.2. The number of nitrogens with one attached hydrogen (secondary N) is 1. The summed E-state index contributed by atoms with van der Waals surface area (Å²) in [6.45, 7) is 0. The molecule has 2 aromatic heterocycles. The lowest BCUT2D eigenvalue weighted by atomic mass is 10.1. The van der Waals surface area contributed by atoms with E-state index in [1.165, 1.54) is 11.3 Å². The first-order valence-corrected chi connectivity index (χ1v) is 8.11. The van der Waals surface area contributed by atoms with Gasteiger partial charge < -0.3 is 10.2 Å². The fourth-order valence-electron chi connectivity index (χ4n) is 2.70. The Kier molecular flexibility index (Phi) is 3.31. The number of pyridine rings is 1. The quantitative estimate of drug-likeness (QED) is 0.788. The second-order valence-corrected chi connectivity index (χ2v) is 6.15. The summed E-state index contributed by atoms with van der Waals surface area (Å²) in [5, 5.41) is 5.83. The van der Waals surface area contributed by atoms with Gasteiger partial charge in [0, 0.05) is 18.6 Å². The van der Waals surface area contributed by atoms with Crippen molar-refractivity contribution in [1.29, 1.82) is 0 Å². The van der Waals surface area contributed by atoms with Crippen LogP contribution in [0.5, 0.6) is 0 Å². The fourth-order valence-corrected chi connectivity index (χ4v) is 3.52. The first-order valence-electron chi connectivity index (χ1n) is 7.23. The van der Waals surface area contributed by atoms with E-state index in [0.717, 1.165) is 22.1 Å². The number of fused-ring (bicyclic) bond motifs is 1. The fraction of sp³-hybridized carbons (Fsp3) is 0.118. The molecule has 4 rings (SSSR count). The maximum Gasteiger partial charge on any atom is 0.255 e. The van der Waals surface area contributed by atoms with Crippen LogP contribution in [0.4, 0.5) is 5.69 Å². The molecule has 1 atom stereocenters. The molecule has 23 heavy (non-hydrogen) atoms. The van der Waals surface area contributed by atoms with Gasteiger partial charge in [-0.3, -0.25) is 9.78 Å². The number of carbonyl (C=O) groups is 1. The molecule has 0 bridgehead atoms. The molecule has 6 heteroatoms. The molecule has 3 aromatic rings. The van der Waals surface area contributed by atoms with Crippen LogP contribution >= 0.6 is 11.3 Å². The smallest absolute Gasteiger partial charge is 0.255 e. The van der Waals surface area contributed by atoms with E-state index < -0.39 is 0 Å². The molecule has 0 saturated carbocycles. The zero-order valence-electron chi connectivity index (χ0n) is 12.4. The molecule has 0 fully saturated rings. The highest BCUT2D eigenvalue weighted by Gasteiger charge is 2.30. The van der Waals surface area contributed by atoms with Gasteiger partial charge in [-0.15, -0.1) is 11.3 Å². The Labute approximate surface area is 137 Å². The van der Waals surface area contributed by atoms with Crippen LogP contribution in [0.15, 0.2) is 54.0 Å². The summed E-state index contributed by atoms with van der Waals surface area (Å²) in [5.41, 5.74) is 3.26. The second-order valence-electron chi connectivity index (χ2n) is 5.30. The highest BCUT2D eigenvalue weighted by molar-refractivity contribution is 7.13. The topological polar surface area (TPSA) is 58.1 Å². The molecule has 1 N–H and O–H groups in total. The molecule has 3 heterocycles. The van der Waals surface area contributed by atoms with Crippen molar-refractivity contribution < 1.29 is 4.79 Å². The number of carbonyl (C=O) groups excluding carboxylic acids is 1. The van der Waals surface area contributed by atoms with E-state index in [4.69, 9.17) is 0 Å². The third-order valence-corrected chi connectivity index (χ3v) is 4.75. The Morgan fingerprint density at radius 1 is 1.17 bits per heavy atom. The van der Waals surface area contributed by atoms with Crippen LogP contribution in [-0.2, 0) is 0 Å². The van der Waals surface area contributed by atoms with Crippen molar-refractivity contribution in [2.24, 2.45) is 0 Å². The Balaban J connectivity index is 1.70.